The van der Waals surface area contributed by atoms with Crippen molar-refractivity contribution in [2.45, 2.75) is 12.5 Å². The highest BCUT2D eigenvalue weighted by atomic mass is 35.5. The Hall–Kier alpha value is -1.58. The van der Waals surface area contributed by atoms with Crippen LogP contribution in [-0.2, 0) is 0 Å². The van der Waals surface area contributed by atoms with Crippen molar-refractivity contribution < 1.29 is 14.2 Å². The molecule has 100 valence electrons. The number of hydrogen-bond donors (Lipinski definition) is 1. The van der Waals surface area contributed by atoms with Crippen molar-refractivity contribution >= 4 is 11.6 Å². The second-order valence-electron chi connectivity index (χ2n) is 4.14. The van der Waals surface area contributed by atoms with Crippen LogP contribution in [0.25, 0.3) is 0 Å². The summed E-state index contributed by atoms with van der Waals surface area (Å²) in [6.07, 6.45) is -0.307. The van der Waals surface area contributed by atoms with Crippen LogP contribution in [0.2, 0.25) is 5.02 Å². The summed E-state index contributed by atoms with van der Waals surface area (Å²) in [6, 6.07) is 13.6. The maximum Gasteiger partial charge on any atom is 0.141 e. The van der Waals surface area contributed by atoms with E-state index < -0.39 is 11.9 Å². The number of benzene rings is 2. The Labute approximate surface area is 116 Å². The van der Waals surface area contributed by atoms with Crippen molar-refractivity contribution in [3.05, 3.63) is 64.9 Å². The maximum atomic E-state index is 13.0. The minimum Gasteiger partial charge on any atom is -0.493 e. The van der Waals surface area contributed by atoms with Gasteiger partial charge in [-0.2, -0.15) is 0 Å². The Bertz CT molecular complexity index is 531. The highest BCUT2D eigenvalue weighted by Gasteiger charge is 2.10. The topological polar surface area (TPSA) is 29.5 Å². The van der Waals surface area contributed by atoms with Crippen molar-refractivity contribution in [3.63, 3.8) is 0 Å². The van der Waals surface area contributed by atoms with E-state index in [1.807, 2.05) is 30.3 Å². The van der Waals surface area contributed by atoms with Crippen molar-refractivity contribution in [3.8, 4) is 5.75 Å². The van der Waals surface area contributed by atoms with E-state index in [1.165, 1.54) is 18.2 Å². The first kappa shape index (κ1) is 13.8. The van der Waals surface area contributed by atoms with Crippen LogP contribution in [0.1, 0.15) is 18.1 Å². The molecule has 0 bridgehead atoms. The summed E-state index contributed by atoms with van der Waals surface area (Å²) < 4.78 is 18.5. The van der Waals surface area contributed by atoms with Gasteiger partial charge in [0.15, 0.2) is 0 Å². The quantitative estimate of drug-likeness (QED) is 0.898. The van der Waals surface area contributed by atoms with Crippen LogP contribution in [-0.4, -0.2) is 11.7 Å². The minimum absolute atomic E-state index is 0.0144. The lowest BCUT2D eigenvalue weighted by Gasteiger charge is -2.12. The first-order valence-corrected chi connectivity index (χ1v) is 6.35. The van der Waals surface area contributed by atoms with Gasteiger partial charge in [-0.3, -0.25) is 0 Å². The van der Waals surface area contributed by atoms with Gasteiger partial charge in [-0.15, -0.1) is 0 Å². The monoisotopic (exact) mass is 280 g/mol. The fourth-order valence-corrected chi connectivity index (χ4v) is 1.88. The maximum absolute atomic E-state index is 13.0. The summed E-state index contributed by atoms with van der Waals surface area (Å²) in [4.78, 5) is 0. The third-order valence-corrected chi connectivity index (χ3v) is 3.02. The molecule has 0 aromatic heterocycles. The molecule has 0 fully saturated rings. The van der Waals surface area contributed by atoms with Gasteiger partial charge in [-0.1, -0.05) is 35.9 Å². The molecule has 4 heteroatoms. The zero-order chi connectivity index (χ0) is 13.7. The molecule has 0 saturated heterocycles. The second kappa shape index (κ2) is 6.55. The van der Waals surface area contributed by atoms with E-state index >= 15 is 0 Å². The van der Waals surface area contributed by atoms with Gasteiger partial charge in [0.2, 0.25) is 0 Å². The highest BCUT2D eigenvalue weighted by molar-refractivity contribution is 6.30. The second-order valence-corrected chi connectivity index (χ2v) is 4.55. The standard InChI is InChI=1S/C15H14ClFO2/c16-13-10-11(6-7-14(13)17)15(18)8-9-19-12-4-2-1-3-5-12/h1-7,10,15,18H,8-9H2. The van der Waals surface area contributed by atoms with Crippen LogP contribution in [0.4, 0.5) is 4.39 Å². The number of para-hydroxylation sites is 1. The predicted octanol–water partition coefficient (Wildman–Crippen LogP) is 3.98. The van der Waals surface area contributed by atoms with E-state index in [0.29, 0.717) is 18.6 Å². The first-order chi connectivity index (χ1) is 9.16. The molecule has 0 radical (unpaired) electrons. The zero-order valence-corrected chi connectivity index (χ0v) is 11.0. The molecule has 0 saturated carbocycles. The van der Waals surface area contributed by atoms with Crippen molar-refractivity contribution in [2.24, 2.45) is 0 Å². The molecule has 2 rings (SSSR count). The third-order valence-electron chi connectivity index (χ3n) is 2.73. The van der Waals surface area contributed by atoms with Crippen LogP contribution in [0.3, 0.4) is 0 Å². The summed E-state index contributed by atoms with van der Waals surface area (Å²) in [7, 11) is 0. The Kier molecular flexibility index (Phi) is 4.77. The molecule has 1 atom stereocenters. The molecular formula is C15H14ClFO2. The molecule has 2 aromatic rings. The molecular weight excluding hydrogens is 267 g/mol. The van der Waals surface area contributed by atoms with E-state index in [0.717, 1.165) is 5.75 Å². The zero-order valence-electron chi connectivity index (χ0n) is 10.2. The molecule has 1 N–H and O–H groups in total. The number of hydrogen-bond acceptors (Lipinski definition) is 2. The lowest BCUT2D eigenvalue weighted by Crippen LogP contribution is -2.05. The Morgan fingerprint density at radius 1 is 1.16 bits per heavy atom. The molecule has 0 amide bonds. The van der Waals surface area contributed by atoms with Gasteiger partial charge in [0, 0.05) is 6.42 Å². The predicted molar refractivity (Wildman–Crippen MR) is 72.9 cm³/mol. The molecule has 1 unspecified atom stereocenters. The van der Waals surface area contributed by atoms with Crippen LogP contribution >= 0.6 is 11.6 Å². The van der Waals surface area contributed by atoms with Gasteiger partial charge < -0.3 is 9.84 Å². The van der Waals surface area contributed by atoms with Gasteiger partial charge in [-0.05, 0) is 29.8 Å². The Morgan fingerprint density at radius 2 is 1.89 bits per heavy atom. The van der Waals surface area contributed by atoms with Crippen molar-refractivity contribution in [1.82, 2.24) is 0 Å². The number of halogens is 2. The number of ether oxygens (including phenoxy) is 1. The lowest BCUT2D eigenvalue weighted by atomic mass is 10.1. The van der Waals surface area contributed by atoms with Gasteiger partial charge in [-0.25, -0.2) is 4.39 Å². The number of aliphatic hydroxyl groups excluding tert-OH is 1. The van der Waals surface area contributed by atoms with Crippen LogP contribution < -0.4 is 4.74 Å². The largest absolute Gasteiger partial charge is 0.493 e. The first-order valence-electron chi connectivity index (χ1n) is 5.97. The van der Waals surface area contributed by atoms with E-state index in [1.54, 1.807) is 0 Å². The van der Waals surface area contributed by atoms with Gasteiger partial charge in [0.25, 0.3) is 0 Å². The van der Waals surface area contributed by atoms with Crippen LogP contribution in [0.15, 0.2) is 48.5 Å². The van der Waals surface area contributed by atoms with E-state index in [9.17, 15) is 9.50 Å². The van der Waals surface area contributed by atoms with E-state index in [-0.39, 0.29) is 5.02 Å². The number of aliphatic hydroxyl groups is 1. The lowest BCUT2D eigenvalue weighted by molar-refractivity contribution is 0.140. The van der Waals surface area contributed by atoms with Crippen LogP contribution in [0.5, 0.6) is 5.75 Å². The Balaban J connectivity index is 1.87. The molecule has 0 aliphatic rings. The molecule has 0 heterocycles. The van der Waals surface area contributed by atoms with Gasteiger partial charge in [0.05, 0.1) is 17.7 Å². The fraction of sp³-hybridized carbons (Fsp3) is 0.200. The minimum atomic E-state index is -0.721. The smallest absolute Gasteiger partial charge is 0.141 e. The molecule has 0 aliphatic carbocycles. The number of rotatable bonds is 5. The molecule has 2 aromatic carbocycles. The average Bonchev–Trinajstić information content (AvgIpc) is 2.43. The summed E-state index contributed by atoms with van der Waals surface area (Å²) in [5, 5.41) is 9.97. The summed E-state index contributed by atoms with van der Waals surface area (Å²) in [5.41, 5.74) is 0.586. The fourth-order valence-electron chi connectivity index (χ4n) is 1.69. The molecule has 0 spiro atoms. The Morgan fingerprint density at radius 3 is 2.58 bits per heavy atom. The normalized spacial score (nSPS) is 12.2. The molecule has 2 nitrogen and oxygen atoms in total. The average molecular weight is 281 g/mol. The molecule has 19 heavy (non-hydrogen) atoms. The molecule has 0 aliphatic heterocycles. The van der Waals surface area contributed by atoms with E-state index in [4.69, 9.17) is 16.3 Å². The van der Waals surface area contributed by atoms with Gasteiger partial charge >= 0.3 is 0 Å². The highest BCUT2D eigenvalue weighted by Crippen LogP contribution is 2.23. The third kappa shape index (κ3) is 3.94. The SMILES string of the molecule is OC(CCOc1ccccc1)c1ccc(F)c(Cl)c1. The summed E-state index contributed by atoms with van der Waals surface area (Å²) in [5.74, 6) is 0.269. The van der Waals surface area contributed by atoms with Crippen molar-refractivity contribution in [2.75, 3.05) is 6.61 Å². The summed E-state index contributed by atoms with van der Waals surface area (Å²) >= 11 is 5.67. The van der Waals surface area contributed by atoms with Gasteiger partial charge in [0.1, 0.15) is 11.6 Å². The summed E-state index contributed by atoms with van der Waals surface area (Å²) in [6.45, 7) is 0.375. The van der Waals surface area contributed by atoms with Crippen LogP contribution in [0, 0.1) is 5.82 Å². The van der Waals surface area contributed by atoms with Crippen molar-refractivity contribution in [1.29, 1.82) is 0 Å². The van der Waals surface area contributed by atoms with E-state index in [2.05, 4.69) is 0 Å².